The van der Waals surface area contributed by atoms with E-state index in [0.29, 0.717) is 0 Å². The zero-order valence-corrected chi connectivity index (χ0v) is 12.0. The third-order valence-electron chi connectivity index (χ3n) is 3.49. The lowest BCUT2D eigenvalue weighted by Crippen LogP contribution is -2.49. The fourth-order valence-corrected chi connectivity index (χ4v) is 4.42. The Balaban J connectivity index is 0.00000144. The number of likely N-dealkylation sites (N-methyl/N-ethyl adjacent to an activating group) is 1. The van der Waals surface area contributed by atoms with Gasteiger partial charge in [-0.15, -0.1) is 12.4 Å². The Morgan fingerprint density at radius 3 is 2.59 bits per heavy atom. The van der Waals surface area contributed by atoms with Crippen molar-refractivity contribution in [2.75, 3.05) is 25.9 Å². The lowest BCUT2D eigenvalue weighted by atomic mass is 9.94. The minimum Gasteiger partial charge on any atom is -0.304 e. The molecule has 0 spiro atoms. The Morgan fingerprint density at radius 2 is 2.00 bits per heavy atom. The van der Waals surface area contributed by atoms with Crippen LogP contribution in [-0.2, 0) is 15.5 Å². The van der Waals surface area contributed by atoms with Crippen molar-refractivity contribution < 1.29 is 4.21 Å². The zero-order chi connectivity index (χ0) is 11.6. The third-order valence-corrected chi connectivity index (χ3v) is 5.57. The van der Waals surface area contributed by atoms with Gasteiger partial charge in [-0.3, -0.25) is 4.21 Å². The first-order valence-corrected chi connectivity index (χ1v) is 7.13. The van der Waals surface area contributed by atoms with Crippen molar-refractivity contribution >= 4 is 23.2 Å². The molecule has 2 rings (SSSR count). The fourth-order valence-electron chi connectivity index (χ4n) is 2.46. The summed E-state index contributed by atoms with van der Waals surface area (Å²) in [5.41, 5.74) is 1.22. The van der Waals surface area contributed by atoms with Gasteiger partial charge in [0, 0.05) is 29.6 Å². The van der Waals surface area contributed by atoms with E-state index in [9.17, 15) is 4.21 Å². The maximum Gasteiger partial charge on any atom is 0.0831 e. The summed E-state index contributed by atoms with van der Waals surface area (Å²) in [4.78, 5) is 2.29. The molecule has 1 aromatic carbocycles. The van der Waals surface area contributed by atoms with Crippen LogP contribution in [0.15, 0.2) is 30.3 Å². The summed E-state index contributed by atoms with van der Waals surface area (Å²) in [5, 5.41) is 0. The molecule has 0 unspecified atom stereocenters. The molecule has 0 aromatic heterocycles. The second-order valence-electron chi connectivity index (χ2n) is 4.50. The van der Waals surface area contributed by atoms with Crippen molar-refractivity contribution in [2.45, 2.75) is 18.1 Å². The largest absolute Gasteiger partial charge is 0.304 e. The molecule has 1 aliphatic heterocycles. The SMILES string of the molecule is CC[C@@]1(c2ccccc2)CN(C)CC[S@@]1=O.Cl. The van der Waals surface area contributed by atoms with Gasteiger partial charge in [0.25, 0.3) is 0 Å². The standard InChI is InChI=1S/C13H19NOS.ClH/c1-3-13(12-7-5-4-6-8-12)11-14(2)9-10-16(13)15;/h4-8H,3,9-11H2,1-2H3;1H/t13-,16-;/m0./s1. The van der Waals surface area contributed by atoms with E-state index in [-0.39, 0.29) is 17.2 Å². The fraction of sp³-hybridized carbons (Fsp3) is 0.538. The van der Waals surface area contributed by atoms with Gasteiger partial charge in [-0.05, 0) is 19.0 Å². The summed E-state index contributed by atoms with van der Waals surface area (Å²) in [6.07, 6.45) is 0.938. The summed E-state index contributed by atoms with van der Waals surface area (Å²) < 4.78 is 12.2. The Morgan fingerprint density at radius 1 is 1.35 bits per heavy atom. The number of nitrogens with zero attached hydrogens (tertiary/aromatic N) is 1. The summed E-state index contributed by atoms with van der Waals surface area (Å²) in [6, 6.07) is 10.3. The average molecular weight is 274 g/mol. The molecule has 1 aliphatic rings. The highest BCUT2D eigenvalue weighted by Gasteiger charge is 2.40. The highest BCUT2D eigenvalue weighted by Crippen LogP contribution is 2.35. The number of hydrogen-bond donors (Lipinski definition) is 0. The zero-order valence-electron chi connectivity index (χ0n) is 10.4. The van der Waals surface area contributed by atoms with Crippen molar-refractivity contribution in [1.82, 2.24) is 4.90 Å². The molecule has 1 saturated heterocycles. The van der Waals surface area contributed by atoms with E-state index < -0.39 is 10.8 Å². The Kier molecular flexibility index (Phi) is 5.17. The molecule has 4 heteroatoms. The molecule has 0 amide bonds. The number of halogens is 1. The van der Waals surface area contributed by atoms with Crippen LogP contribution in [0.5, 0.6) is 0 Å². The van der Waals surface area contributed by atoms with Gasteiger partial charge in [0.1, 0.15) is 0 Å². The van der Waals surface area contributed by atoms with Gasteiger partial charge in [0.15, 0.2) is 0 Å². The average Bonchev–Trinajstić information content (AvgIpc) is 2.33. The minimum absolute atomic E-state index is 0. The van der Waals surface area contributed by atoms with Crippen LogP contribution in [0.3, 0.4) is 0 Å². The van der Waals surface area contributed by atoms with Crippen LogP contribution in [0.25, 0.3) is 0 Å². The summed E-state index contributed by atoms with van der Waals surface area (Å²) in [7, 11) is 1.36. The molecular weight excluding hydrogens is 254 g/mol. The van der Waals surface area contributed by atoms with E-state index in [1.807, 2.05) is 18.2 Å². The third kappa shape index (κ3) is 2.72. The van der Waals surface area contributed by atoms with Gasteiger partial charge in [0.2, 0.25) is 0 Å². The van der Waals surface area contributed by atoms with Gasteiger partial charge in [-0.2, -0.15) is 0 Å². The first kappa shape index (κ1) is 14.7. The van der Waals surface area contributed by atoms with Crippen LogP contribution >= 0.6 is 12.4 Å². The van der Waals surface area contributed by atoms with Gasteiger partial charge < -0.3 is 4.90 Å². The van der Waals surface area contributed by atoms with E-state index in [1.54, 1.807) is 0 Å². The maximum atomic E-state index is 12.4. The molecule has 1 aromatic rings. The van der Waals surface area contributed by atoms with Crippen LogP contribution in [0, 0.1) is 0 Å². The van der Waals surface area contributed by atoms with E-state index in [4.69, 9.17) is 0 Å². The molecule has 0 N–H and O–H groups in total. The summed E-state index contributed by atoms with van der Waals surface area (Å²) in [6.45, 7) is 3.99. The first-order chi connectivity index (χ1) is 7.69. The molecule has 1 fully saturated rings. The molecule has 2 nitrogen and oxygen atoms in total. The Labute approximate surface area is 112 Å². The summed E-state index contributed by atoms with van der Waals surface area (Å²) in [5.74, 6) is 0.791. The Hall–Kier alpha value is -0.380. The Bertz CT molecular complexity index is 384. The highest BCUT2D eigenvalue weighted by atomic mass is 35.5. The van der Waals surface area contributed by atoms with Crippen LogP contribution in [0.1, 0.15) is 18.9 Å². The quantitative estimate of drug-likeness (QED) is 0.825. The van der Waals surface area contributed by atoms with Crippen molar-refractivity contribution in [1.29, 1.82) is 0 Å². The van der Waals surface area contributed by atoms with Crippen LogP contribution < -0.4 is 0 Å². The van der Waals surface area contributed by atoms with Gasteiger partial charge in [-0.1, -0.05) is 37.3 Å². The van der Waals surface area contributed by atoms with E-state index >= 15 is 0 Å². The van der Waals surface area contributed by atoms with E-state index in [0.717, 1.165) is 25.3 Å². The van der Waals surface area contributed by atoms with Crippen molar-refractivity contribution in [3.8, 4) is 0 Å². The van der Waals surface area contributed by atoms with E-state index in [1.165, 1.54) is 5.56 Å². The maximum absolute atomic E-state index is 12.4. The molecule has 0 saturated carbocycles. The summed E-state index contributed by atoms with van der Waals surface area (Å²) >= 11 is 0. The van der Waals surface area contributed by atoms with Crippen LogP contribution in [0.2, 0.25) is 0 Å². The van der Waals surface area contributed by atoms with Gasteiger partial charge >= 0.3 is 0 Å². The molecule has 96 valence electrons. The molecule has 2 atom stereocenters. The van der Waals surface area contributed by atoms with Crippen LogP contribution in [-0.4, -0.2) is 35.0 Å². The molecule has 0 aliphatic carbocycles. The minimum atomic E-state index is -0.750. The molecule has 1 heterocycles. The highest BCUT2D eigenvalue weighted by molar-refractivity contribution is 7.86. The molecule has 0 bridgehead atoms. The lowest BCUT2D eigenvalue weighted by molar-refractivity contribution is 0.287. The van der Waals surface area contributed by atoms with Crippen LogP contribution in [0.4, 0.5) is 0 Å². The monoisotopic (exact) mass is 273 g/mol. The van der Waals surface area contributed by atoms with Crippen molar-refractivity contribution in [2.24, 2.45) is 0 Å². The predicted octanol–water partition coefficient (Wildman–Crippen LogP) is 2.41. The van der Waals surface area contributed by atoms with Crippen molar-refractivity contribution in [3.05, 3.63) is 35.9 Å². The predicted molar refractivity (Wildman–Crippen MR) is 76.2 cm³/mol. The van der Waals surface area contributed by atoms with Gasteiger partial charge in [-0.25, -0.2) is 0 Å². The topological polar surface area (TPSA) is 20.3 Å². The van der Waals surface area contributed by atoms with E-state index in [2.05, 4.69) is 31.0 Å². The number of rotatable bonds is 2. The normalized spacial score (nSPS) is 29.6. The number of hydrogen-bond acceptors (Lipinski definition) is 2. The van der Waals surface area contributed by atoms with Gasteiger partial charge in [0.05, 0.1) is 4.75 Å². The second-order valence-corrected chi connectivity index (χ2v) is 6.38. The number of benzene rings is 1. The lowest BCUT2D eigenvalue weighted by Gasteiger charge is -2.40. The molecular formula is C13H20ClNOS. The second kappa shape index (κ2) is 5.98. The van der Waals surface area contributed by atoms with Crippen molar-refractivity contribution in [3.63, 3.8) is 0 Å². The first-order valence-electron chi connectivity index (χ1n) is 5.81. The molecule has 0 radical (unpaired) electrons. The molecule has 17 heavy (non-hydrogen) atoms. The smallest absolute Gasteiger partial charge is 0.0831 e.